The van der Waals surface area contributed by atoms with Crippen LogP contribution in [0.15, 0.2) is 24.3 Å². The Morgan fingerprint density at radius 1 is 1.32 bits per heavy atom. The number of nitrogens with one attached hydrogen (secondary N) is 2. The quantitative estimate of drug-likeness (QED) is 0.871. The second-order valence-corrected chi connectivity index (χ2v) is 5.61. The molecule has 3 rings (SSSR count). The predicted molar refractivity (Wildman–Crippen MR) is 71.3 cm³/mol. The summed E-state index contributed by atoms with van der Waals surface area (Å²) in [7, 11) is 0. The van der Waals surface area contributed by atoms with Gasteiger partial charge in [-0.15, -0.1) is 0 Å². The van der Waals surface area contributed by atoms with E-state index in [1.807, 2.05) is 0 Å². The van der Waals surface area contributed by atoms with E-state index in [-0.39, 0.29) is 17.8 Å². The third-order valence-electron chi connectivity index (χ3n) is 4.21. The summed E-state index contributed by atoms with van der Waals surface area (Å²) in [5.41, 5.74) is 0.542. The molecule has 2 aliphatic rings. The van der Waals surface area contributed by atoms with Crippen LogP contribution in [-0.2, 0) is 10.2 Å². The topological polar surface area (TPSA) is 41.1 Å². The number of carbonyl (C=O) groups is 1. The van der Waals surface area contributed by atoms with Crippen LogP contribution in [0.2, 0.25) is 0 Å². The summed E-state index contributed by atoms with van der Waals surface area (Å²) >= 11 is 0. The van der Waals surface area contributed by atoms with Gasteiger partial charge in [0.25, 0.3) is 0 Å². The van der Waals surface area contributed by atoms with Crippen molar-refractivity contribution in [3.05, 3.63) is 35.6 Å². The van der Waals surface area contributed by atoms with Crippen molar-refractivity contribution in [1.29, 1.82) is 0 Å². The maximum absolute atomic E-state index is 13.0. The Bertz CT molecular complexity index is 462. The summed E-state index contributed by atoms with van der Waals surface area (Å²) < 4.78 is 13.0. The van der Waals surface area contributed by atoms with Crippen LogP contribution in [0.3, 0.4) is 0 Å². The van der Waals surface area contributed by atoms with Crippen LogP contribution in [0.25, 0.3) is 0 Å². The second-order valence-electron chi connectivity index (χ2n) is 5.61. The molecule has 19 heavy (non-hydrogen) atoms. The molecule has 0 radical (unpaired) electrons. The van der Waals surface area contributed by atoms with Crippen molar-refractivity contribution in [2.24, 2.45) is 0 Å². The zero-order chi connectivity index (χ0) is 13.3. The zero-order valence-electron chi connectivity index (χ0n) is 10.9. The third-order valence-corrected chi connectivity index (χ3v) is 4.21. The van der Waals surface area contributed by atoms with E-state index in [0.717, 1.165) is 44.3 Å². The average molecular weight is 262 g/mol. The van der Waals surface area contributed by atoms with Gasteiger partial charge in [0.05, 0.1) is 5.41 Å². The molecule has 3 nitrogen and oxygen atoms in total. The molecule has 0 bridgehead atoms. The maximum Gasteiger partial charge on any atom is 0.230 e. The number of hydrogen-bond acceptors (Lipinski definition) is 2. The summed E-state index contributed by atoms with van der Waals surface area (Å²) in [6.45, 7) is 1.89. The van der Waals surface area contributed by atoms with Crippen molar-refractivity contribution in [2.45, 2.75) is 37.1 Å². The monoisotopic (exact) mass is 262 g/mol. The molecule has 1 atom stereocenters. The van der Waals surface area contributed by atoms with E-state index in [9.17, 15) is 9.18 Å². The molecule has 1 unspecified atom stereocenters. The van der Waals surface area contributed by atoms with Gasteiger partial charge >= 0.3 is 0 Å². The molecular formula is C15H19FN2O. The van der Waals surface area contributed by atoms with E-state index in [0.29, 0.717) is 0 Å². The Labute approximate surface area is 112 Å². The molecule has 0 aromatic heterocycles. The van der Waals surface area contributed by atoms with Crippen molar-refractivity contribution >= 4 is 5.91 Å². The molecule has 1 aromatic carbocycles. The number of benzene rings is 1. The van der Waals surface area contributed by atoms with Crippen LogP contribution in [0.1, 0.15) is 31.2 Å². The molecule has 1 aliphatic heterocycles. The number of piperidine rings is 1. The molecule has 2 fully saturated rings. The fraction of sp³-hybridized carbons (Fsp3) is 0.533. The average Bonchev–Trinajstić information content (AvgIpc) is 3.22. The minimum atomic E-state index is -0.398. The molecule has 2 N–H and O–H groups in total. The lowest BCUT2D eigenvalue weighted by molar-refractivity contribution is -0.124. The lowest BCUT2D eigenvalue weighted by Crippen LogP contribution is -2.48. The SMILES string of the molecule is O=C(NC1CCCNC1)C1(c2ccc(F)cc2)CC1. The second kappa shape index (κ2) is 4.93. The largest absolute Gasteiger partial charge is 0.351 e. The van der Waals surface area contributed by atoms with E-state index in [4.69, 9.17) is 0 Å². The predicted octanol–water partition coefficient (Wildman–Crippen LogP) is 1.73. The van der Waals surface area contributed by atoms with Crippen molar-refractivity contribution in [3.63, 3.8) is 0 Å². The van der Waals surface area contributed by atoms with E-state index < -0.39 is 5.41 Å². The summed E-state index contributed by atoms with van der Waals surface area (Å²) in [6, 6.07) is 6.58. The minimum Gasteiger partial charge on any atom is -0.351 e. The van der Waals surface area contributed by atoms with Crippen LogP contribution in [0.4, 0.5) is 4.39 Å². The van der Waals surface area contributed by atoms with Gasteiger partial charge in [0.2, 0.25) is 5.91 Å². The number of hydrogen-bond donors (Lipinski definition) is 2. The fourth-order valence-electron chi connectivity index (χ4n) is 2.84. The fourth-order valence-corrected chi connectivity index (χ4v) is 2.84. The van der Waals surface area contributed by atoms with Gasteiger partial charge in [-0.1, -0.05) is 12.1 Å². The summed E-state index contributed by atoms with van der Waals surface area (Å²) in [5.74, 6) is -0.149. The molecule has 1 heterocycles. The lowest BCUT2D eigenvalue weighted by Gasteiger charge is -2.26. The highest BCUT2D eigenvalue weighted by Gasteiger charge is 2.51. The Kier molecular flexibility index (Phi) is 3.27. The van der Waals surface area contributed by atoms with E-state index in [1.54, 1.807) is 12.1 Å². The molecule has 1 aliphatic carbocycles. The summed E-state index contributed by atoms with van der Waals surface area (Å²) in [4.78, 5) is 12.4. The Hall–Kier alpha value is -1.42. The van der Waals surface area contributed by atoms with Gasteiger partial charge in [-0.25, -0.2) is 4.39 Å². The van der Waals surface area contributed by atoms with Crippen molar-refractivity contribution in [2.75, 3.05) is 13.1 Å². The van der Waals surface area contributed by atoms with Crippen LogP contribution < -0.4 is 10.6 Å². The van der Waals surface area contributed by atoms with Crippen molar-refractivity contribution in [1.82, 2.24) is 10.6 Å². The Morgan fingerprint density at radius 2 is 2.05 bits per heavy atom. The molecule has 102 valence electrons. The highest BCUT2D eigenvalue weighted by atomic mass is 19.1. The summed E-state index contributed by atoms with van der Waals surface area (Å²) in [6.07, 6.45) is 3.88. The number of halogens is 1. The van der Waals surface area contributed by atoms with Gasteiger partial charge in [-0.2, -0.15) is 0 Å². The van der Waals surface area contributed by atoms with Gasteiger partial charge < -0.3 is 10.6 Å². The molecular weight excluding hydrogens is 243 g/mol. The number of amides is 1. The van der Waals surface area contributed by atoms with Crippen LogP contribution in [0, 0.1) is 5.82 Å². The van der Waals surface area contributed by atoms with Gasteiger partial charge in [0.15, 0.2) is 0 Å². The van der Waals surface area contributed by atoms with E-state index >= 15 is 0 Å². The van der Waals surface area contributed by atoms with Gasteiger partial charge in [0, 0.05) is 12.6 Å². The van der Waals surface area contributed by atoms with Crippen LogP contribution in [-0.4, -0.2) is 25.0 Å². The van der Waals surface area contributed by atoms with Gasteiger partial charge in [-0.3, -0.25) is 4.79 Å². The highest BCUT2D eigenvalue weighted by molar-refractivity contribution is 5.91. The first kappa shape index (κ1) is 12.6. The highest BCUT2D eigenvalue weighted by Crippen LogP contribution is 2.48. The first-order valence-electron chi connectivity index (χ1n) is 6.98. The molecule has 1 saturated carbocycles. The molecule has 1 aromatic rings. The minimum absolute atomic E-state index is 0.104. The standard InChI is InChI=1S/C15H19FN2O/c16-12-5-3-11(4-6-12)15(7-8-15)14(19)18-13-2-1-9-17-10-13/h3-6,13,17H,1-2,7-10H2,(H,18,19). The Balaban J connectivity index is 1.70. The van der Waals surface area contributed by atoms with Crippen LogP contribution in [0.5, 0.6) is 0 Å². The first-order chi connectivity index (χ1) is 9.21. The number of rotatable bonds is 3. The maximum atomic E-state index is 13.0. The zero-order valence-corrected chi connectivity index (χ0v) is 10.9. The van der Waals surface area contributed by atoms with Crippen molar-refractivity contribution in [3.8, 4) is 0 Å². The van der Waals surface area contributed by atoms with Crippen LogP contribution >= 0.6 is 0 Å². The number of carbonyl (C=O) groups excluding carboxylic acids is 1. The lowest BCUT2D eigenvalue weighted by atomic mass is 9.94. The molecule has 1 amide bonds. The summed E-state index contributed by atoms with van der Waals surface area (Å²) in [5, 5.41) is 6.43. The third kappa shape index (κ3) is 2.50. The first-order valence-corrected chi connectivity index (χ1v) is 6.98. The normalized spacial score (nSPS) is 24.8. The molecule has 0 spiro atoms. The van der Waals surface area contributed by atoms with E-state index in [2.05, 4.69) is 10.6 Å². The van der Waals surface area contributed by atoms with E-state index in [1.165, 1.54) is 12.1 Å². The Morgan fingerprint density at radius 3 is 2.63 bits per heavy atom. The van der Waals surface area contributed by atoms with Gasteiger partial charge in [0.1, 0.15) is 5.82 Å². The molecule has 4 heteroatoms. The van der Waals surface area contributed by atoms with Gasteiger partial charge in [-0.05, 0) is 49.9 Å². The smallest absolute Gasteiger partial charge is 0.230 e. The molecule has 1 saturated heterocycles. The van der Waals surface area contributed by atoms with Crippen molar-refractivity contribution < 1.29 is 9.18 Å².